The van der Waals surface area contributed by atoms with Gasteiger partial charge in [0.15, 0.2) is 0 Å². The Balaban J connectivity index is 2.27. The predicted octanol–water partition coefficient (Wildman–Crippen LogP) is 1.68. The molecule has 0 amide bonds. The molecule has 0 bridgehead atoms. The number of aromatic nitrogens is 2. The summed E-state index contributed by atoms with van der Waals surface area (Å²) in [4.78, 5) is 0. The molecule has 1 unspecified atom stereocenters. The molecule has 2 rings (SSSR count). The van der Waals surface area contributed by atoms with E-state index in [2.05, 4.69) is 23.6 Å². The molecule has 1 atom stereocenters. The van der Waals surface area contributed by atoms with Crippen LogP contribution >= 0.6 is 11.8 Å². The molecule has 1 aliphatic heterocycles. The van der Waals surface area contributed by atoms with Crippen LogP contribution in [-0.2, 0) is 6.42 Å². The molecule has 2 N–H and O–H groups in total. The Bertz CT molecular complexity index is 340. The zero-order chi connectivity index (χ0) is 10.8. The number of hydrogen-bond donors (Lipinski definition) is 1. The Hall–Kier alpha value is -0.480. The summed E-state index contributed by atoms with van der Waals surface area (Å²) in [6.07, 6.45) is 2.21. The lowest BCUT2D eigenvalue weighted by Crippen LogP contribution is -2.12. The standard InChI is InChI=1S/C11H19N3S/c1-8-11(3-5-12)9(2)14(13-8)10-4-6-15-7-10/h10H,3-7,12H2,1-2H3. The van der Waals surface area contributed by atoms with Gasteiger partial charge in [-0.1, -0.05) is 0 Å². The van der Waals surface area contributed by atoms with E-state index in [1.165, 1.54) is 29.2 Å². The molecule has 1 fully saturated rings. The SMILES string of the molecule is Cc1nn(C2CCSC2)c(C)c1CCN. The number of nitrogens with zero attached hydrogens (tertiary/aromatic N) is 2. The maximum atomic E-state index is 5.62. The zero-order valence-corrected chi connectivity index (χ0v) is 10.3. The maximum absolute atomic E-state index is 5.62. The molecule has 0 spiro atoms. The molecule has 1 aromatic rings. The van der Waals surface area contributed by atoms with Gasteiger partial charge in [-0.3, -0.25) is 4.68 Å². The van der Waals surface area contributed by atoms with Gasteiger partial charge < -0.3 is 5.73 Å². The van der Waals surface area contributed by atoms with Gasteiger partial charge in [-0.05, 0) is 44.6 Å². The van der Waals surface area contributed by atoms with E-state index in [1.807, 2.05) is 11.8 Å². The first-order valence-corrected chi connectivity index (χ1v) is 6.72. The van der Waals surface area contributed by atoms with E-state index in [-0.39, 0.29) is 0 Å². The first-order valence-electron chi connectivity index (χ1n) is 5.56. The highest BCUT2D eigenvalue weighted by Gasteiger charge is 2.21. The fraction of sp³-hybridized carbons (Fsp3) is 0.727. The minimum atomic E-state index is 0.611. The molecule has 0 radical (unpaired) electrons. The highest BCUT2D eigenvalue weighted by molar-refractivity contribution is 7.99. The average Bonchev–Trinajstić information content (AvgIpc) is 2.81. The molecule has 1 aromatic heterocycles. The monoisotopic (exact) mass is 225 g/mol. The minimum absolute atomic E-state index is 0.611. The van der Waals surface area contributed by atoms with Gasteiger partial charge in [0, 0.05) is 11.4 Å². The van der Waals surface area contributed by atoms with Crippen LogP contribution in [0.4, 0.5) is 0 Å². The van der Waals surface area contributed by atoms with Crippen molar-refractivity contribution < 1.29 is 0 Å². The van der Waals surface area contributed by atoms with Gasteiger partial charge in [0.25, 0.3) is 0 Å². The molecule has 4 heteroatoms. The number of thioether (sulfide) groups is 1. The van der Waals surface area contributed by atoms with Crippen LogP contribution < -0.4 is 5.73 Å². The molecule has 2 heterocycles. The third kappa shape index (κ3) is 2.06. The third-order valence-corrected chi connectivity index (χ3v) is 4.27. The van der Waals surface area contributed by atoms with Crippen molar-refractivity contribution in [2.45, 2.75) is 32.7 Å². The summed E-state index contributed by atoms with van der Waals surface area (Å²) in [5, 5.41) is 4.66. The molecule has 0 saturated carbocycles. The van der Waals surface area contributed by atoms with Crippen LogP contribution in [0.5, 0.6) is 0 Å². The number of nitrogens with two attached hydrogens (primary N) is 1. The van der Waals surface area contributed by atoms with E-state index < -0.39 is 0 Å². The Kier molecular flexibility index (Phi) is 3.36. The largest absolute Gasteiger partial charge is 0.330 e. The minimum Gasteiger partial charge on any atom is -0.330 e. The van der Waals surface area contributed by atoms with Gasteiger partial charge in [0.2, 0.25) is 0 Å². The van der Waals surface area contributed by atoms with E-state index in [0.717, 1.165) is 12.1 Å². The van der Waals surface area contributed by atoms with E-state index in [9.17, 15) is 0 Å². The van der Waals surface area contributed by atoms with Gasteiger partial charge in [0.05, 0.1) is 11.7 Å². The summed E-state index contributed by atoms with van der Waals surface area (Å²) in [7, 11) is 0. The van der Waals surface area contributed by atoms with Crippen LogP contribution in [-0.4, -0.2) is 27.8 Å². The fourth-order valence-corrected chi connectivity index (χ4v) is 3.46. The lowest BCUT2D eigenvalue weighted by Gasteiger charge is -2.11. The van der Waals surface area contributed by atoms with E-state index >= 15 is 0 Å². The number of aryl methyl sites for hydroxylation is 1. The van der Waals surface area contributed by atoms with Gasteiger partial charge in [-0.15, -0.1) is 0 Å². The molecular weight excluding hydrogens is 206 g/mol. The third-order valence-electron chi connectivity index (χ3n) is 3.12. The van der Waals surface area contributed by atoms with Crippen LogP contribution in [0.3, 0.4) is 0 Å². The zero-order valence-electron chi connectivity index (χ0n) is 9.49. The van der Waals surface area contributed by atoms with Crippen LogP contribution in [0, 0.1) is 13.8 Å². The Morgan fingerprint density at radius 2 is 2.33 bits per heavy atom. The molecular formula is C11H19N3S. The van der Waals surface area contributed by atoms with E-state index in [1.54, 1.807) is 0 Å². The highest BCUT2D eigenvalue weighted by Crippen LogP contribution is 2.29. The molecule has 1 aliphatic rings. The van der Waals surface area contributed by atoms with Crippen molar-refractivity contribution >= 4 is 11.8 Å². The highest BCUT2D eigenvalue weighted by atomic mass is 32.2. The van der Waals surface area contributed by atoms with Crippen molar-refractivity contribution in [2.24, 2.45) is 5.73 Å². The Labute approximate surface area is 95.4 Å². The molecule has 3 nitrogen and oxygen atoms in total. The summed E-state index contributed by atoms with van der Waals surface area (Å²) < 4.78 is 2.22. The lowest BCUT2D eigenvalue weighted by molar-refractivity contribution is 0.487. The van der Waals surface area contributed by atoms with Gasteiger partial charge in [-0.25, -0.2) is 0 Å². The average molecular weight is 225 g/mol. The summed E-state index contributed by atoms with van der Waals surface area (Å²) in [5.41, 5.74) is 9.46. The van der Waals surface area contributed by atoms with Crippen molar-refractivity contribution in [3.8, 4) is 0 Å². The van der Waals surface area contributed by atoms with Crippen molar-refractivity contribution in [3.05, 3.63) is 17.0 Å². The quantitative estimate of drug-likeness (QED) is 0.851. The topological polar surface area (TPSA) is 43.8 Å². The lowest BCUT2D eigenvalue weighted by atomic mass is 10.1. The second-order valence-electron chi connectivity index (χ2n) is 4.15. The van der Waals surface area contributed by atoms with Crippen molar-refractivity contribution in [3.63, 3.8) is 0 Å². The summed E-state index contributed by atoms with van der Waals surface area (Å²) >= 11 is 2.03. The Morgan fingerprint density at radius 3 is 2.93 bits per heavy atom. The number of rotatable bonds is 3. The Morgan fingerprint density at radius 1 is 1.53 bits per heavy atom. The smallest absolute Gasteiger partial charge is 0.0629 e. The first-order chi connectivity index (χ1) is 7.24. The molecule has 0 aromatic carbocycles. The molecule has 1 saturated heterocycles. The number of hydrogen-bond acceptors (Lipinski definition) is 3. The molecule has 84 valence electrons. The van der Waals surface area contributed by atoms with Crippen LogP contribution in [0.1, 0.15) is 29.4 Å². The van der Waals surface area contributed by atoms with Crippen LogP contribution in [0.2, 0.25) is 0 Å². The van der Waals surface area contributed by atoms with E-state index in [0.29, 0.717) is 12.6 Å². The van der Waals surface area contributed by atoms with Crippen molar-refractivity contribution in [1.29, 1.82) is 0 Å². The molecule has 15 heavy (non-hydrogen) atoms. The van der Waals surface area contributed by atoms with Gasteiger partial charge in [0.1, 0.15) is 0 Å². The first kappa shape index (κ1) is 11.0. The van der Waals surface area contributed by atoms with Gasteiger partial charge in [-0.2, -0.15) is 16.9 Å². The summed E-state index contributed by atoms with van der Waals surface area (Å²) in [6, 6.07) is 0.611. The van der Waals surface area contributed by atoms with Crippen LogP contribution in [0.25, 0.3) is 0 Å². The van der Waals surface area contributed by atoms with Gasteiger partial charge >= 0.3 is 0 Å². The predicted molar refractivity (Wildman–Crippen MR) is 65.4 cm³/mol. The summed E-state index contributed by atoms with van der Waals surface area (Å²) in [6.45, 7) is 4.98. The summed E-state index contributed by atoms with van der Waals surface area (Å²) in [5.74, 6) is 2.49. The maximum Gasteiger partial charge on any atom is 0.0629 e. The van der Waals surface area contributed by atoms with Crippen molar-refractivity contribution in [2.75, 3.05) is 18.1 Å². The van der Waals surface area contributed by atoms with Crippen molar-refractivity contribution in [1.82, 2.24) is 9.78 Å². The van der Waals surface area contributed by atoms with E-state index in [4.69, 9.17) is 5.73 Å². The second-order valence-corrected chi connectivity index (χ2v) is 5.30. The normalized spacial score (nSPS) is 21.1. The fourth-order valence-electron chi connectivity index (χ4n) is 2.27. The van der Waals surface area contributed by atoms with Crippen LogP contribution in [0.15, 0.2) is 0 Å². The second kappa shape index (κ2) is 4.58. The molecule has 0 aliphatic carbocycles.